The second-order valence-corrected chi connectivity index (χ2v) is 4.79. The molecule has 0 heterocycles. The number of para-hydroxylation sites is 1. The number of aromatic hydroxyl groups is 1. The van der Waals surface area contributed by atoms with Crippen LogP contribution < -0.4 is 5.32 Å². The summed E-state index contributed by atoms with van der Waals surface area (Å²) in [5.41, 5.74) is 1.69. The Morgan fingerprint density at radius 2 is 2.10 bits per heavy atom. The Labute approximate surface area is 121 Å². The Hall–Kier alpha value is -2.27. The molecule has 0 aliphatic rings. The minimum Gasteiger partial charge on any atom is -0.507 e. The number of phenolic OH excluding ortho intramolecular Hbond substituents is 1. The lowest BCUT2D eigenvalue weighted by molar-refractivity contribution is -0.384. The third-order valence-electron chi connectivity index (χ3n) is 2.95. The van der Waals surface area contributed by atoms with Gasteiger partial charge in [0.25, 0.3) is 5.69 Å². The fourth-order valence-corrected chi connectivity index (χ4v) is 2.03. The summed E-state index contributed by atoms with van der Waals surface area (Å²) in [6.07, 6.45) is 0. The largest absolute Gasteiger partial charge is 0.507 e. The van der Waals surface area contributed by atoms with Crippen molar-refractivity contribution in [3.63, 3.8) is 0 Å². The van der Waals surface area contributed by atoms with Gasteiger partial charge in [-0.2, -0.15) is 0 Å². The molecule has 20 heavy (non-hydrogen) atoms. The first-order valence-electron chi connectivity index (χ1n) is 5.94. The van der Waals surface area contributed by atoms with Crippen LogP contribution in [-0.2, 0) is 6.54 Å². The fraction of sp³-hybridized carbons (Fsp3) is 0.143. The van der Waals surface area contributed by atoms with Gasteiger partial charge in [-0.1, -0.05) is 29.8 Å². The number of halogens is 1. The maximum atomic E-state index is 10.9. The molecule has 5 nitrogen and oxygen atoms in total. The molecule has 0 spiro atoms. The molecule has 6 heteroatoms. The Balaban J connectivity index is 2.24. The lowest BCUT2D eigenvalue weighted by Gasteiger charge is -2.10. The maximum absolute atomic E-state index is 10.9. The van der Waals surface area contributed by atoms with E-state index in [9.17, 15) is 15.2 Å². The molecule has 0 aliphatic carbocycles. The number of nitro benzene ring substituents is 1. The van der Waals surface area contributed by atoms with Gasteiger partial charge in [0.2, 0.25) is 0 Å². The first kappa shape index (κ1) is 14.1. The number of phenols is 1. The van der Waals surface area contributed by atoms with Crippen LogP contribution in [0.3, 0.4) is 0 Å². The van der Waals surface area contributed by atoms with Crippen molar-refractivity contribution in [2.75, 3.05) is 5.32 Å². The highest BCUT2D eigenvalue weighted by Gasteiger charge is 2.14. The van der Waals surface area contributed by atoms with E-state index in [4.69, 9.17) is 11.6 Å². The summed E-state index contributed by atoms with van der Waals surface area (Å²) in [6.45, 7) is 2.06. The molecule has 0 atom stereocenters. The molecule has 0 unspecified atom stereocenters. The average Bonchev–Trinajstić information content (AvgIpc) is 2.40. The van der Waals surface area contributed by atoms with Crippen molar-refractivity contribution >= 4 is 23.0 Å². The second-order valence-electron chi connectivity index (χ2n) is 4.35. The van der Waals surface area contributed by atoms with E-state index < -0.39 is 4.92 Å². The fourth-order valence-electron chi connectivity index (χ4n) is 1.86. The Morgan fingerprint density at radius 3 is 2.80 bits per heavy atom. The lowest BCUT2D eigenvalue weighted by Crippen LogP contribution is -2.03. The molecule has 0 aliphatic heterocycles. The number of anilines is 1. The van der Waals surface area contributed by atoms with E-state index >= 15 is 0 Å². The normalized spacial score (nSPS) is 10.3. The molecule has 2 N–H and O–H groups in total. The SMILES string of the molecule is Cc1cccc(CNc2cc(Cl)ccc2[N+](=O)[O-])c1O. The van der Waals surface area contributed by atoms with Crippen LogP contribution in [-0.4, -0.2) is 10.0 Å². The molecule has 0 radical (unpaired) electrons. The molecule has 0 bridgehead atoms. The number of nitrogens with zero attached hydrogens (tertiary/aromatic N) is 1. The molecule has 2 aromatic carbocycles. The van der Waals surface area contributed by atoms with Crippen molar-refractivity contribution in [3.05, 3.63) is 62.7 Å². The summed E-state index contributed by atoms with van der Waals surface area (Å²) in [5.74, 6) is 0.185. The maximum Gasteiger partial charge on any atom is 0.292 e. The minimum atomic E-state index is -0.477. The smallest absolute Gasteiger partial charge is 0.292 e. The summed E-state index contributed by atoms with van der Waals surface area (Å²) in [7, 11) is 0. The first-order valence-corrected chi connectivity index (χ1v) is 6.32. The standard InChI is InChI=1S/C14H13ClN2O3/c1-9-3-2-4-10(14(9)18)8-16-12-7-11(15)5-6-13(12)17(19)20/h2-7,16,18H,8H2,1H3. The highest BCUT2D eigenvalue weighted by atomic mass is 35.5. The minimum absolute atomic E-state index is 0.0541. The van der Waals surface area contributed by atoms with Crippen molar-refractivity contribution in [1.82, 2.24) is 0 Å². The zero-order valence-corrected chi connectivity index (χ0v) is 11.5. The summed E-state index contributed by atoms with van der Waals surface area (Å²) >= 11 is 5.85. The van der Waals surface area contributed by atoms with Crippen LogP contribution in [0.15, 0.2) is 36.4 Å². The van der Waals surface area contributed by atoms with Crippen molar-refractivity contribution in [2.45, 2.75) is 13.5 Å². The summed E-state index contributed by atoms with van der Waals surface area (Å²) in [4.78, 5) is 10.5. The van der Waals surface area contributed by atoms with Crippen molar-refractivity contribution in [3.8, 4) is 5.75 Å². The van der Waals surface area contributed by atoms with E-state index in [1.54, 1.807) is 19.1 Å². The number of hydrogen-bond donors (Lipinski definition) is 2. The molecule has 0 saturated heterocycles. The highest BCUT2D eigenvalue weighted by molar-refractivity contribution is 6.31. The van der Waals surface area contributed by atoms with Crippen LogP contribution in [0.2, 0.25) is 5.02 Å². The number of hydrogen-bond acceptors (Lipinski definition) is 4. The van der Waals surface area contributed by atoms with Gasteiger partial charge in [0.15, 0.2) is 0 Å². The molecule has 2 aromatic rings. The second kappa shape index (κ2) is 5.79. The quantitative estimate of drug-likeness (QED) is 0.662. The van der Waals surface area contributed by atoms with Gasteiger partial charge in [0.05, 0.1) is 4.92 Å². The van der Waals surface area contributed by atoms with E-state index in [-0.39, 0.29) is 18.0 Å². The topological polar surface area (TPSA) is 75.4 Å². The predicted octanol–water partition coefficient (Wildman–Crippen LogP) is 3.87. The van der Waals surface area contributed by atoms with Crippen LogP contribution in [0.25, 0.3) is 0 Å². The Bertz CT molecular complexity index is 659. The summed E-state index contributed by atoms with van der Waals surface area (Å²) < 4.78 is 0. The van der Waals surface area contributed by atoms with Crippen LogP contribution in [0.1, 0.15) is 11.1 Å². The number of aryl methyl sites for hydroxylation is 1. The summed E-state index contributed by atoms with van der Waals surface area (Å²) in [5, 5.41) is 24.2. The third-order valence-corrected chi connectivity index (χ3v) is 3.18. The average molecular weight is 293 g/mol. The Kier molecular flexibility index (Phi) is 4.10. The monoisotopic (exact) mass is 292 g/mol. The number of benzene rings is 2. The van der Waals surface area contributed by atoms with Crippen LogP contribution in [0.4, 0.5) is 11.4 Å². The van der Waals surface area contributed by atoms with E-state index in [1.807, 2.05) is 6.07 Å². The molecule has 104 valence electrons. The molecule has 0 saturated carbocycles. The van der Waals surface area contributed by atoms with E-state index in [2.05, 4.69) is 5.32 Å². The highest BCUT2D eigenvalue weighted by Crippen LogP contribution is 2.29. The molecular weight excluding hydrogens is 280 g/mol. The number of rotatable bonds is 4. The van der Waals surface area contributed by atoms with Gasteiger partial charge in [-0.3, -0.25) is 10.1 Å². The summed E-state index contributed by atoms with van der Waals surface area (Å²) in [6, 6.07) is 9.67. The molecule has 0 amide bonds. The van der Waals surface area contributed by atoms with Gasteiger partial charge in [0, 0.05) is 23.2 Å². The number of nitrogens with one attached hydrogen (secondary N) is 1. The van der Waals surface area contributed by atoms with Crippen molar-refractivity contribution in [1.29, 1.82) is 0 Å². The Morgan fingerprint density at radius 1 is 1.35 bits per heavy atom. The molecule has 0 aromatic heterocycles. The first-order chi connectivity index (χ1) is 9.49. The molecule has 0 fully saturated rings. The van der Waals surface area contributed by atoms with Crippen molar-refractivity contribution < 1.29 is 10.0 Å². The van der Waals surface area contributed by atoms with Crippen LogP contribution >= 0.6 is 11.6 Å². The van der Waals surface area contributed by atoms with Crippen LogP contribution in [0.5, 0.6) is 5.75 Å². The van der Waals surface area contributed by atoms with Gasteiger partial charge in [-0.25, -0.2) is 0 Å². The van der Waals surface area contributed by atoms with E-state index in [0.29, 0.717) is 16.3 Å². The van der Waals surface area contributed by atoms with Gasteiger partial charge >= 0.3 is 0 Å². The third kappa shape index (κ3) is 3.00. The zero-order valence-electron chi connectivity index (χ0n) is 10.8. The van der Waals surface area contributed by atoms with Crippen LogP contribution in [0, 0.1) is 17.0 Å². The molecular formula is C14H13ClN2O3. The predicted molar refractivity (Wildman–Crippen MR) is 78.3 cm³/mol. The van der Waals surface area contributed by atoms with Gasteiger partial charge in [-0.15, -0.1) is 0 Å². The van der Waals surface area contributed by atoms with Gasteiger partial charge in [-0.05, 0) is 24.6 Å². The van der Waals surface area contributed by atoms with Gasteiger partial charge in [0.1, 0.15) is 11.4 Å². The van der Waals surface area contributed by atoms with Gasteiger partial charge < -0.3 is 10.4 Å². The number of nitro groups is 1. The van der Waals surface area contributed by atoms with E-state index in [0.717, 1.165) is 5.56 Å². The molecule has 2 rings (SSSR count). The lowest BCUT2D eigenvalue weighted by atomic mass is 10.1. The van der Waals surface area contributed by atoms with E-state index in [1.165, 1.54) is 18.2 Å². The van der Waals surface area contributed by atoms with Crippen molar-refractivity contribution in [2.24, 2.45) is 0 Å². The zero-order chi connectivity index (χ0) is 14.7.